The summed E-state index contributed by atoms with van der Waals surface area (Å²) in [4.78, 5) is 12.9. The number of aromatic nitrogens is 5. The van der Waals surface area contributed by atoms with Gasteiger partial charge in [-0.15, -0.1) is 5.10 Å². The lowest BCUT2D eigenvalue weighted by molar-refractivity contribution is -0.113. The molecule has 10 heteroatoms. The molecule has 9 nitrogen and oxygen atoms in total. The van der Waals surface area contributed by atoms with Gasteiger partial charge in [-0.2, -0.15) is 5.26 Å². The van der Waals surface area contributed by atoms with Crippen molar-refractivity contribution in [1.29, 1.82) is 5.26 Å². The number of benzene rings is 1. The minimum Gasteiger partial charge on any atom is -0.497 e. The van der Waals surface area contributed by atoms with Crippen LogP contribution in [0.1, 0.15) is 54.1 Å². The van der Waals surface area contributed by atoms with Crippen molar-refractivity contribution < 1.29 is 9.53 Å². The molecule has 3 aromatic rings. The summed E-state index contributed by atoms with van der Waals surface area (Å²) in [5, 5.41) is 25.2. The largest absolute Gasteiger partial charge is 0.497 e. The smallest absolute Gasteiger partial charge is 0.235 e. The van der Waals surface area contributed by atoms with Gasteiger partial charge in [0.15, 0.2) is 0 Å². The summed E-state index contributed by atoms with van der Waals surface area (Å²) in [7, 11) is 1.63. The van der Waals surface area contributed by atoms with Crippen molar-refractivity contribution in [3.05, 3.63) is 46.6 Å². The third-order valence-electron chi connectivity index (χ3n) is 6.14. The molecule has 2 heterocycles. The first-order valence-electron chi connectivity index (χ1n) is 10.9. The molecule has 172 valence electrons. The van der Waals surface area contributed by atoms with Gasteiger partial charge in [-0.05, 0) is 60.4 Å². The third-order valence-corrected chi connectivity index (χ3v) is 7.10. The van der Waals surface area contributed by atoms with Crippen molar-refractivity contribution in [2.75, 3.05) is 18.2 Å². The maximum Gasteiger partial charge on any atom is 0.235 e. The Balaban J connectivity index is 1.44. The van der Waals surface area contributed by atoms with E-state index in [0.717, 1.165) is 35.4 Å². The number of carbonyl (C=O) groups excluding carboxylic acids is 1. The predicted octanol–water partition coefficient (Wildman–Crippen LogP) is 3.87. The Morgan fingerprint density at radius 3 is 2.67 bits per heavy atom. The Labute approximate surface area is 197 Å². The van der Waals surface area contributed by atoms with E-state index in [1.165, 1.54) is 24.6 Å². The molecular weight excluding hydrogens is 438 g/mol. The normalized spacial score (nSPS) is 13.8. The van der Waals surface area contributed by atoms with E-state index in [2.05, 4.69) is 31.5 Å². The number of nitrogens with zero attached hydrogens (tertiary/aromatic N) is 6. The number of hydrogen-bond acceptors (Lipinski definition) is 7. The maximum atomic E-state index is 12.9. The van der Waals surface area contributed by atoms with Crippen LogP contribution in [0.3, 0.4) is 0 Å². The van der Waals surface area contributed by atoms with Gasteiger partial charge in [0, 0.05) is 11.7 Å². The number of tetrazole rings is 1. The average molecular weight is 466 g/mol. The van der Waals surface area contributed by atoms with Crippen LogP contribution in [-0.2, 0) is 11.3 Å². The van der Waals surface area contributed by atoms with Crippen molar-refractivity contribution in [1.82, 2.24) is 24.8 Å². The molecule has 1 aromatic carbocycles. The highest BCUT2D eigenvalue weighted by atomic mass is 32.2. The van der Waals surface area contributed by atoms with Crippen LogP contribution in [0.2, 0.25) is 0 Å². The molecule has 1 aliphatic carbocycles. The lowest BCUT2D eigenvalue weighted by Gasteiger charge is -2.19. The molecule has 0 radical (unpaired) electrons. The van der Waals surface area contributed by atoms with Crippen LogP contribution in [0.5, 0.6) is 5.75 Å². The first kappa shape index (κ1) is 22.9. The SMILES string of the molecule is COc1ccc(Cn2nnnc2SCC(=O)Nc2c(C#N)c(C)c(C)n2C2CCCC2)cc1. The van der Waals surface area contributed by atoms with E-state index in [-0.39, 0.29) is 11.7 Å². The van der Waals surface area contributed by atoms with Crippen molar-refractivity contribution in [3.8, 4) is 11.8 Å². The Bertz CT molecular complexity index is 1170. The minimum absolute atomic E-state index is 0.141. The second-order valence-electron chi connectivity index (χ2n) is 8.16. The van der Waals surface area contributed by atoms with Gasteiger partial charge in [0.2, 0.25) is 11.1 Å². The summed E-state index contributed by atoms with van der Waals surface area (Å²) < 4.78 is 9.00. The molecule has 0 atom stereocenters. The maximum absolute atomic E-state index is 12.9. The molecule has 0 spiro atoms. The molecule has 0 aliphatic heterocycles. The molecule has 1 amide bonds. The Morgan fingerprint density at radius 2 is 2.00 bits per heavy atom. The topological polar surface area (TPSA) is 111 Å². The molecule has 1 aliphatic rings. The fourth-order valence-corrected chi connectivity index (χ4v) is 4.98. The first-order chi connectivity index (χ1) is 16.0. The van der Waals surface area contributed by atoms with E-state index in [9.17, 15) is 10.1 Å². The second-order valence-corrected chi connectivity index (χ2v) is 9.10. The summed E-state index contributed by atoms with van der Waals surface area (Å²) in [6, 6.07) is 10.3. The molecule has 1 N–H and O–H groups in total. The molecule has 33 heavy (non-hydrogen) atoms. The molecular formula is C23H27N7O2S. The zero-order valence-electron chi connectivity index (χ0n) is 19.0. The molecule has 0 bridgehead atoms. The molecule has 1 fully saturated rings. The van der Waals surface area contributed by atoms with Gasteiger partial charge in [-0.3, -0.25) is 4.79 Å². The predicted molar refractivity (Wildman–Crippen MR) is 125 cm³/mol. The zero-order chi connectivity index (χ0) is 23.4. The highest BCUT2D eigenvalue weighted by Gasteiger charge is 2.26. The van der Waals surface area contributed by atoms with Crippen LogP contribution in [0.25, 0.3) is 0 Å². The number of carbonyl (C=O) groups is 1. The van der Waals surface area contributed by atoms with Gasteiger partial charge < -0.3 is 14.6 Å². The fourth-order valence-electron chi connectivity index (χ4n) is 4.31. The van der Waals surface area contributed by atoms with Crippen molar-refractivity contribution in [2.24, 2.45) is 0 Å². The fraction of sp³-hybridized carbons (Fsp3) is 0.435. The number of rotatable bonds is 8. The summed E-state index contributed by atoms with van der Waals surface area (Å²) in [5.74, 6) is 1.35. The van der Waals surface area contributed by atoms with Crippen LogP contribution >= 0.6 is 11.8 Å². The Hall–Kier alpha value is -3.32. The van der Waals surface area contributed by atoms with Crippen LogP contribution in [0.4, 0.5) is 5.82 Å². The number of ether oxygens (including phenoxy) is 1. The highest BCUT2D eigenvalue weighted by Crippen LogP contribution is 2.37. The average Bonchev–Trinajstić information content (AvgIpc) is 3.55. The van der Waals surface area contributed by atoms with Gasteiger partial charge in [0.25, 0.3) is 0 Å². The van der Waals surface area contributed by atoms with Crippen molar-refractivity contribution in [2.45, 2.75) is 57.3 Å². The molecule has 0 unspecified atom stereocenters. The Morgan fingerprint density at radius 1 is 1.27 bits per heavy atom. The van der Waals surface area contributed by atoms with E-state index in [1.54, 1.807) is 11.8 Å². The molecule has 0 saturated heterocycles. The minimum atomic E-state index is -0.188. The van der Waals surface area contributed by atoms with Crippen LogP contribution in [-0.4, -0.2) is 43.5 Å². The van der Waals surface area contributed by atoms with Crippen LogP contribution in [0, 0.1) is 25.2 Å². The molecule has 4 rings (SSSR count). The number of hydrogen-bond donors (Lipinski definition) is 1. The lowest BCUT2D eigenvalue weighted by atomic mass is 10.2. The summed E-state index contributed by atoms with van der Waals surface area (Å²) >= 11 is 1.27. The quantitative estimate of drug-likeness (QED) is 0.503. The number of nitrogens with one attached hydrogen (secondary N) is 1. The van der Waals surface area contributed by atoms with Gasteiger partial charge in [-0.25, -0.2) is 4.68 Å². The van der Waals surface area contributed by atoms with E-state index in [1.807, 2.05) is 38.1 Å². The van der Waals surface area contributed by atoms with E-state index < -0.39 is 0 Å². The van der Waals surface area contributed by atoms with Crippen molar-refractivity contribution in [3.63, 3.8) is 0 Å². The van der Waals surface area contributed by atoms with Gasteiger partial charge >= 0.3 is 0 Å². The van der Waals surface area contributed by atoms with Gasteiger partial charge in [0.05, 0.1) is 25.0 Å². The van der Waals surface area contributed by atoms with E-state index in [4.69, 9.17) is 4.74 Å². The van der Waals surface area contributed by atoms with Crippen LogP contribution < -0.4 is 10.1 Å². The summed E-state index contributed by atoms with van der Waals surface area (Å²) in [6.07, 6.45) is 4.47. The molecule has 2 aromatic heterocycles. The standard InChI is InChI=1S/C23H27N7O2S/c1-15-16(2)30(18-6-4-5-7-18)22(20(15)12-24)25-21(31)14-33-23-26-27-28-29(23)13-17-8-10-19(32-3)11-9-17/h8-11,18H,4-7,13-14H2,1-3H3,(H,25,31). The number of amides is 1. The van der Waals surface area contributed by atoms with Crippen molar-refractivity contribution >= 4 is 23.5 Å². The third kappa shape index (κ3) is 4.88. The number of thioether (sulfide) groups is 1. The summed E-state index contributed by atoms with van der Waals surface area (Å²) in [6.45, 7) is 4.45. The monoisotopic (exact) mass is 465 g/mol. The number of nitriles is 1. The van der Waals surface area contributed by atoms with E-state index in [0.29, 0.717) is 29.1 Å². The molecule has 1 saturated carbocycles. The first-order valence-corrected chi connectivity index (χ1v) is 11.9. The Kier molecular flexibility index (Phi) is 6.99. The van der Waals surface area contributed by atoms with E-state index >= 15 is 0 Å². The van der Waals surface area contributed by atoms with Gasteiger partial charge in [0.1, 0.15) is 17.6 Å². The lowest BCUT2D eigenvalue weighted by Crippen LogP contribution is -2.20. The number of methoxy groups -OCH3 is 1. The number of anilines is 1. The second kappa shape index (κ2) is 10.1. The van der Waals surface area contributed by atoms with Gasteiger partial charge in [-0.1, -0.05) is 36.7 Å². The van der Waals surface area contributed by atoms with Crippen LogP contribution in [0.15, 0.2) is 29.4 Å². The highest BCUT2D eigenvalue weighted by molar-refractivity contribution is 7.99. The zero-order valence-corrected chi connectivity index (χ0v) is 19.9. The summed E-state index contributed by atoms with van der Waals surface area (Å²) in [5.41, 5.74) is 3.54.